The number of ether oxygens (including phenoxy) is 1. The smallest absolute Gasteiger partial charge is 0.337 e. The molecule has 1 aromatic carbocycles. The van der Waals surface area contributed by atoms with Gasteiger partial charge >= 0.3 is 5.97 Å². The lowest BCUT2D eigenvalue weighted by Gasteiger charge is -2.27. The zero-order valence-electron chi connectivity index (χ0n) is 12.3. The van der Waals surface area contributed by atoms with Crippen molar-refractivity contribution in [2.45, 2.75) is 38.7 Å². The molecule has 1 unspecified atom stereocenters. The van der Waals surface area contributed by atoms with Crippen molar-refractivity contribution in [3.63, 3.8) is 0 Å². The van der Waals surface area contributed by atoms with E-state index in [9.17, 15) is 13.2 Å². The maximum Gasteiger partial charge on any atom is 0.337 e. The number of aryl methyl sites for hydroxylation is 1. The maximum atomic E-state index is 12.2. The van der Waals surface area contributed by atoms with Gasteiger partial charge in [0.2, 0.25) is 0 Å². The summed E-state index contributed by atoms with van der Waals surface area (Å²) in [5.74, 6) is -0.715. The quantitative estimate of drug-likeness (QED) is 0.630. The zero-order chi connectivity index (χ0) is 15.6. The first-order valence-electron chi connectivity index (χ1n) is 6.16. The number of carbonyl (C=O) groups is 1. The maximum absolute atomic E-state index is 12.2. The van der Waals surface area contributed by atoms with E-state index < -0.39 is 27.6 Å². The van der Waals surface area contributed by atoms with Crippen LogP contribution in [0.2, 0.25) is 0 Å². The Labute approximate surface area is 120 Å². The third kappa shape index (κ3) is 4.05. The number of hydrogen-bond acceptors (Lipinski definition) is 5. The van der Waals surface area contributed by atoms with Gasteiger partial charge in [-0.2, -0.15) is 8.42 Å². The Morgan fingerprint density at radius 2 is 1.65 bits per heavy atom. The fourth-order valence-electron chi connectivity index (χ4n) is 1.53. The van der Waals surface area contributed by atoms with E-state index in [1.54, 1.807) is 32.9 Å². The fraction of sp³-hybridized carbons (Fsp3) is 0.500. The van der Waals surface area contributed by atoms with Crippen molar-refractivity contribution >= 4 is 16.1 Å². The molecule has 0 amide bonds. The average Bonchev–Trinajstić information content (AvgIpc) is 2.34. The Hall–Kier alpha value is -1.40. The van der Waals surface area contributed by atoms with Crippen LogP contribution in [0.25, 0.3) is 0 Å². The van der Waals surface area contributed by atoms with Gasteiger partial charge in [-0.15, -0.1) is 0 Å². The highest BCUT2D eigenvalue weighted by molar-refractivity contribution is 7.86. The van der Waals surface area contributed by atoms with Crippen LogP contribution in [-0.2, 0) is 23.8 Å². The highest BCUT2D eigenvalue weighted by atomic mass is 32.2. The second kappa shape index (κ2) is 5.93. The van der Waals surface area contributed by atoms with Gasteiger partial charge < -0.3 is 4.74 Å². The molecule has 0 aromatic heterocycles. The summed E-state index contributed by atoms with van der Waals surface area (Å²) in [5, 5.41) is 0. The number of rotatable bonds is 4. The van der Waals surface area contributed by atoms with Crippen LogP contribution in [0.3, 0.4) is 0 Å². The first kappa shape index (κ1) is 16.7. The lowest BCUT2D eigenvalue weighted by atomic mass is 9.89. The minimum Gasteiger partial charge on any atom is -0.467 e. The van der Waals surface area contributed by atoms with Crippen molar-refractivity contribution < 1.29 is 22.1 Å². The van der Waals surface area contributed by atoms with Crippen molar-refractivity contribution in [3.8, 4) is 0 Å². The number of esters is 1. The summed E-state index contributed by atoms with van der Waals surface area (Å²) >= 11 is 0. The van der Waals surface area contributed by atoms with Gasteiger partial charge in [-0.05, 0) is 19.1 Å². The number of benzene rings is 1. The van der Waals surface area contributed by atoms with E-state index in [4.69, 9.17) is 4.18 Å². The second-order valence-electron chi connectivity index (χ2n) is 5.63. The lowest BCUT2D eigenvalue weighted by Crippen LogP contribution is -2.39. The van der Waals surface area contributed by atoms with Crippen LogP contribution in [0.1, 0.15) is 26.3 Å². The molecule has 0 aliphatic rings. The Morgan fingerprint density at radius 3 is 2.05 bits per heavy atom. The van der Waals surface area contributed by atoms with E-state index in [-0.39, 0.29) is 4.90 Å². The number of hydrogen-bond donors (Lipinski definition) is 0. The fourth-order valence-corrected chi connectivity index (χ4v) is 2.73. The van der Waals surface area contributed by atoms with Gasteiger partial charge in [0, 0.05) is 5.41 Å². The lowest BCUT2D eigenvalue weighted by molar-refractivity contribution is -0.153. The molecule has 6 heteroatoms. The van der Waals surface area contributed by atoms with Gasteiger partial charge in [0.1, 0.15) is 0 Å². The Bertz CT molecular complexity index is 567. The molecule has 0 spiro atoms. The normalized spacial score (nSPS) is 13.8. The molecular formula is C14H20O5S. The molecule has 20 heavy (non-hydrogen) atoms. The van der Waals surface area contributed by atoms with Crippen LogP contribution in [-0.4, -0.2) is 27.6 Å². The molecular weight excluding hydrogens is 280 g/mol. The standard InChI is InChI=1S/C14H20O5S/c1-10-6-8-11(9-7-10)20(16,17)19-12(13(15)18-5)14(2,3)4/h6-9,12H,1-5H3. The third-order valence-electron chi connectivity index (χ3n) is 2.73. The Morgan fingerprint density at radius 1 is 1.15 bits per heavy atom. The van der Waals surface area contributed by atoms with Crippen molar-refractivity contribution in [2.24, 2.45) is 5.41 Å². The third-order valence-corrected chi connectivity index (χ3v) is 4.03. The summed E-state index contributed by atoms with van der Waals surface area (Å²) in [7, 11) is -2.82. The Kier molecular flexibility index (Phi) is 4.94. The minimum absolute atomic E-state index is 0.0150. The summed E-state index contributed by atoms with van der Waals surface area (Å²) in [6.07, 6.45) is -1.20. The van der Waals surface area contributed by atoms with Crippen molar-refractivity contribution in [3.05, 3.63) is 29.8 Å². The van der Waals surface area contributed by atoms with Gasteiger partial charge in [-0.1, -0.05) is 38.5 Å². The molecule has 0 fully saturated rings. The molecule has 0 radical (unpaired) electrons. The van der Waals surface area contributed by atoms with Crippen LogP contribution >= 0.6 is 0 Å². The van der Waals surface area contributed by atoms with E-state index in [1.807, 2.05) is 6.92 Å². The largest absolute Gasteiger partial charge is 0.467 e. The average molecular weight is 300 g/mol. The molecule has 112 valence electrons. The SMILES string of the molecule is COC(=O)C(OS(=O)(=O)c1ccc(C)cc1)C(C)(C)C. The monoisotopic (exact) mass is 300 g/mol. The molecule has 0 heterocycles. The first-order chi connectivity index (χ1) is 9.08. The summed E-state index contributed by atoms with van der Waals surface area (Å²) in [6.45, 7) is 6.97. The van der Waals surface area contributed by atoms with E-state index in [0.717, 1.165) is 5.56 Å². The van der Waals surface area contributed by atoms with E-state index in [2.05, 4.69) is 4.74 Å². The molecule has 1 atom stereocenters. The van der Waals surface area contributed by atoms with E-state index in [0.29, 0.717) is 0 Å². The van der Waals surface area contributed by atoms with Crippen LogP contribution in [0.15, 0.2) is 29.2 Å². The second-order valence-corrected chi connectivity index (χ2v) is 7.20. The number of carbonyl (C=O) groups excluding carboxylic acids is 1. The van der Waals surface area contributed by atoms with Crippen LogP contribution in [0.4, 0.5) is 0 Å². The Balaban J connectivity index is 3.09. The van der Waals surface area contributed by atoms with Crippen molar-refractivity contribution in [2.75, 3.05) is 7.11 Å². The first-order valence-corrected chi connectivity index (χ1v) is 7.56. The summed E-state index contributed by atoms with van der Waals surface area (Å²) < 4.78 is 34.1. The zero-order valence-corrected chi connectivity index (χ0v) is 13.2. The number of methoxy groups -OCH3 is 1. The van der Waals surface area contributed by atoms with Crippen LogP contribution < -0.4 is 0 Å². The molecule has 5 nitrogen and oxygen atoms in total. The van der Waals surface area contributed by atoms with Gasteiger partial charge in [-0.3, -0.25) is 4.18 Å². The topological polar surface area (TPSA) is 69.7 Å². The molecule has 1 aromatic rings. The van der Waals surface area contributed by atoms with Crippen LogP contribution in [0, 0.1) is 12.3 Å². The molecule has 0 aliphatic heterocycles. The molecule has 0 saturated heterocycles. The molecule has 0 N–H and O–H groups in total. The highest BCUT2D eigenvalue weighted by Crippen LogP contribution is 2.27. The highest BCUT2D eigenvalue weighted by Gasteiger charge is 2.38. The van der Waals surface area contributed by atoms with Crippen molar-refractivity contribution in [1.82, 2.24) is 0 Å². The molecule has 0 saturated carbocycles. The van der Waals surface area contributed by atoms with E-state index in [1.165, 1.54) is 19.2 Å². The molecule has 0 bridgehead atoms. The molecule has 1 rings (SSSR count). The predicted octanol–water partition coefficient (Wildman–Crippen LogP) is 2.29. The summed E-state index contributed by atoms with van der Waals surface area (Å²) in [5.41, 5.74) is 0.231. The van der Waals surface area contributed by atoms with Gasteiger partial charge in [0.05, 0.1) is 12.0 Å². The molecule has 0 aliphatic carbocycles. The van der Waals surface area contributed by atoms with Crippen molar-refractivity contribution in [1.29, 1.82) is 0 Å². The van der Waals surface area contributed by atoms with Crippen LogP contribution in [0.5, 0.6) is 0 Å². The summed E-state index contributed by atoms with van der Waals surface area (Å²) in [6, 6.07) is 6.23. The van der Waals surface area contributed by atoms with Gasteiger partial charge in [-0.25, -0.2) is 4.79 Å². The minimum atomic E-state index is -4.02. The van der Waals surface area contributed by atoms with E-state index >= 15 is 0 Å². The summed E-state index contributed by atoms with van der Waals surface area (Å²) in [4.78, 5) is 11.7. The van der Waals surface area contributed by atoms with Gasteiger partial charge in [0.25, 0.3) is 10.1 Å². The predicted molar refractivity (Wildman–Crippen MR) is 74.7 cm³/mol. The van der Waals surface area contributed by atoms with Gasteiger partial charge in [0.15, 0.2) is 6.10 Å².